The molecule has 0 aromatic carbocycles. The lowest BCUT2D eigenvalue weighted by Gasteiger charge is -2.12. The number of furan rings is 1. The lowest BCUT2D eigenvalue weighted by molar-refractivity contribution is 0.524. The van der Waals surface area contributed by atoms with Crippen molar-refractivity contribution < 1.29 is 4.42 Å². The summed E-state index contributed by atoms with van der Waals surface area (Å²) in [5, 5.41) is 0. The van der Waals surface area contributed by atoms with Crippen LogP contribution in [0.5, 0.6) is 0 Å². The van der Waals surface area contributed by atoms with Gasteiger partial charge in [-0.1, -0.05) is 6.92 Å². The standard InChI is InChI=1S/C16H23NO/c1-9(16-10(2)8-18-14(16)6)7-15-12(4)11(3)13(5)17-15/h8-9,17H,7H2,1-6H3. The number of nitrogens with one attached hydrogen (secondary N) is 1. The van der Waals surface area contributed by atoms with Crippen molar-refractivity contribution in [2.24, 2.45) is 0 Å². The van der Waals surface area contributed by atoms with Crippen molar-refractivity contribution in [3.05, 3.63) is 45.7 Å². The van der Waals surface area contributed by atoms with Gasteiger partial charge in [-0.25, -0.2) is 0 Å². The first-order chi connectivity index (χ1) is 8.41. The Morgan fingerprint density at radius 2 is 1.78 bits per heavy atom. The van der Waals surface area contributed by atoms with Crippen LogP contribution in [0.1, 0.15) is 52.2 Å². The van der Waals surface area contributed by atoms with Crippen LogP contribution in [0.3, 0.4) is 0 Å². The topological polar surface area (TPSA) is 28.9 Å². The SMILES string of the molecule is Cc1coc(C)c1C(C)Cc1[nH]c(C)c(C)c1C. The molecular weight excluding hydrogens is 222 g/mol. The lowest BCUT2D eigenvalue weighted by Crippen LogP contribution is -2.02. The molecule has 18 heavy (non-hydrogen) atoms. The summed E-state index contributed by atoms with van der Waals surface area (Å²) in [7, 11) is 0. The first kappa shape index (κ1) is 13.0. The highest BCUT2D eigenvalue weighted by molar-refractivity contribution is 5.37. The molecule has 0 bridgehead atoms. The van der Waals surface area contributed by atoms with Gasteiger partial charge in [0, 0.05) is 11.4 Å². The van der Waals surface area contributed by atoms with E-state index in [4.69, 9.17) is 4.42 Å². The molecule has 1 unspecified atom stereocenters. The summed E-state index contributed by atoms with van der Waals surface area (Å²) in [5.41, 5.74) is 8.06. The van der Waals surface area contributed by atoms with Crippen LogP contribution in [0.4, 0.5) is 0 Å². The van der Waals surface area contributed by atoms with Gasteiger partial charge in [-0.2, -0.15) is 0 Å². The molecule has 0 amide bonds. The lowest BCUT2D eigenvalue weighted by atomic mass is 9.92. The number of rotatable bonds is 3. The average molecular weight is 245 g/mol. The van der Waals surface area contributed by atoms with Crippen molar-refractivity contribution in [2.75, 3.05) is 0 Å². The van der Waals surface area contributed by atoms with E-state index < -0.39 is 0 Å². The minimum absolute atomic E-state index is 0.486. The van der Waals surface area contributed by atoms with Crippen molar-refractivity contribution >= 4 is 0 Å². The summed E-state index contributed by atoms with van der Waals surface area (Å²) in [4.78, 5) is 3.51. The second kappa shape index (κ2) is 4.68. The smallest absolute Gasteiger partial charge is 0.104 e. The highest BCUT2D eigenvalue weighted by atomic mass is 16.3. The third-order valence-corrected chi connectivity index (χ3v) is 4.14. The minimum Gasteiger partial charge on any atom is -0.469 e. The van der Waals surface area contributed by atoms with Gasteiger partial charge in [-0.3, -0.25) is 0 Å². The molecule has 1 N–H and O–H groups in total. The van der Waals surface area contributed by atoms with Crippen molar-refractivity contribution in [3.63, 3.8) is 0 Å². The number of aromatic nitrogens is 1. The Labute approximate surface area is 109 Å². The molecule has 0 spiro atoms. The second-order valence-electron chi connectivity index (χ2n) is 5.47. The van der Waals surface area contributed by atoms with Gasteiger partial charge >= 0.3 is 0 Å². The molecule has 2 aromatic heterocycles. The number of hydrogen-bond acceptors (Lipinski definition) is 1. The summed E-state index contributed by atoms with van der Waals surface area (Å²) in [6.07, 6.45) is 2.90. The predicted molar refractivity (Wildman–Crippen MR) is 75.3 cm³/mol. The van der Waals surface area contributed by atoms with E-state index in [1.807, 2.05) is 6.26 Å². The fourth-order valence-corrected chi connectivity index (χ4v) is 2.85. The maximum atomic E-state index is 5.50. The molecule has 2 heterocycles. The number of H-pyrrole nitrogens is 1. The summed E-state index contributed by atoms with van der Waals surface area (Å²) >= 11 is 0. The molecule has 0 aliphatic heterocycles. The van der Waals surface area contributed by atoms with E-state index in [1.165, 1.54) is 33.6 Å². The van der Waals surface area contributed by atoms with Crippen LogP contribution < -0.4 is 0 Å². The predicted octanol–water partition coefficient (Wildman–Crippen LogP) is 4.50. The summed E-state index contributed by atoms with van der Waals surface area (Å²) in [6, 6.07) is 0. The molecule has 0 aliphatic carbocycles. The van der Waals surface area contributed by atoms with E-state index in [2.05, 4.69) is 46.5 Å². The van der Waals surface area contributed by atoms with Crippen LogP contribution in [0.25, 0.3) is 0 Å². The number of hydrogen-bond donors (Lipinski definition) is 1. The Morgan fingerprint density at radius 3 is 2.22 bits per heavy atom. The monoisotopic (exact) mass is 245 g/mol. The van der Waals surface area contributed by atoms with E-state index >= 15 is 0 Å². The van der Waals surface area contributed by atoms with Crippen LogP contribution in [-0.4, -0.2) is 4.98 Å². The van der Waals surface area contributed by atoms with E-state index in [1.54, 1.807) is 0 Å². The van der Waals surface area contributed by atoms with Crippen LogP contribution in [0.15, 0.2) is 10.7 Å². The first-order valence-electron chi connectivity index (χ1n) is 6.61. The Hall–Kier alpha value is -1.44. The van der Waals surface area contributed by atoms with Gasteiger partial charge in [0.15, 0.2) is 0 Å². The van der Waals surface area contributed by atoms with Gasteiger partial charge in [0.05, 0.1) is 6.26 Å². The average Bonchev–Trinajstić information content (AvgIpc) is 2.75. The maximum Gasteiger partial charge on any atom is 0.104 e. The molecule has 2 nitrogen and oxygen atoms in total. The van der Waals surface area contributed by atoms with Gasteiger partial charge in [0.2, 0.25) is 0 Å². The van der Waals surface area contributed by atoms with E-state index in [0.29, 0.717) is 5.92 Å². The van der Waals surface area contributed by atoms with Crippen LogP contribution in [-0.2, 0) is 6.42 Å². The summed E-state index contributed by atoms with van der Waals surface area (Å²) in [5.74, 6) is 1.54. The van der Waals surface area contributed by atoms with Crippen LogP contribution in [0, 0.1) is 34.6 Å². The minimum atomic E-state index is 0.486. The van der Waals surface area contributed by atoms with Crippen molar-refractivity contribution in [1.29, 1.82) is 0 Å². The molecule has 0 fully saturated rings. The molecule has 2 heteroatoms. The fraction of sp³-hybridized carbons (Fsp3) is 0.500. The van der Waals surface area contributed by atoms with Crippen LogP contribution >= 0.6 is 0 Å². The molecule has 1 atom stereocenters. The zero-order valence-electron chi connectivity index (χ0n) is 12.3. The fourth-order valence-electron chi connectivity index (χ4n) is 2.85. The van der Waals surface area contributed by atoms with Crippen molar-refractivity contribution in [3.8, 4) is 0 Å². The van der Waals surface area contributed by atoms with Gasteiger partial charge in [0.1, 0.15) is 5.76 Å². The Kier molecular flexibility index (Phi) is 3.38. The maximum absolute atomic E-state index is 5.50. The molecule has 0 saturated heterocycles. The van der Waals surface area contributed by atoms with Gasteiger partial charge in [-0.15, -0.1) is 0 Å². The molecule has 0 radical (unpaired) electrons. The normalized spacial score (nSPS) is 13.0. The van der Waals surface area contributed by atoms with Crippen molar-refractivity contribution in [2.45, 2.75) is 53.9 Å². The molecule has 98 valence electrons. The quantitative estimate of drug-likeness (QED) is 0.847. The molecular formula is C16H23NO. The number of aromatic amines is 1. The van der Waals surface area contributed by atoms with Gasteiger partial charge < -0.3 is 9.40 Å². The third-order valence-electron chi connectivity index (χ3n) is 4.14. The Balaban J connectivity index is 2.27. The highest BCUT2D eigenvalue weighted by Gasteiger charge is 2.17. The molecule has 2 aromatic rings. The Bertz CT molecular complexity index is 540. The van der Waals surface area contributed by atoms with Crippen LogP contribution in [0.2, 0.25) is 0 Å². The van der Waals surface area contributed by atoms with Gasteiger partial charge in [-0.05, 0) is 69.2 Å². The second-order valence-corrected chi connectivity index (χ2v) is 5.47. The molecule has 0 saturated carbocycles. The largest absolute Gasteiger partial charge is 0.469 e. The highest BCUT2D eigenvalue weighted by Crippen LogP contribution is 2.29. The van der Waals surface area contributed by atoms with E-state index in [-0.39, 0.29) is 0 Å². The first-order valence-corrected chi connectivity index (χ1v) is 6.61. The van der Waals surface area contributed by atoms with E-state index in [0.717, 1.165) is 12.2 Å². The van der Waals surface area contributed by atoms with Gasteiger partial charge in [0.25, 0.3) is 0 Å². The zero-order valence-corrected chi connectivity index (χ0v) is 12.3. The molecule has 0 aliphatic rings. The third kappa shape index (κ3) is 2.12. The zero-order chi connectivity index (χ0) is 13.4. The summed E-state index contributed by atoms with van der Waals surface area (Å²) in [6.45, 7) is 13.0. The molecule has 2 rings (SSSR count). The Morgan fingerprint density at radius 1 is 1.11 bits per heavy atom. The van der Waals surface area contributed by atoms with Crippen molar-refractivity contribution in [1.82, 2.24) is 4.98 Å². The summed E-state index contributed by atoms with van der Waals surface area (Å²) < 4.78 is 5.50. The van der Waals surface area contributed by atoms with E-state index in [9.17, 15) is 0 Å². The number of aryl methyl sites for hydroxylation is 3.